The Kier molecular flexibility index (Phi) is 4.55. The summed E-state index contributed by atoms with van der Waals surface area (Å²) >= 11 is 0. The van der Waals surface area contributed by atoms with E-state index < -0.39 is 0 Å². The van der Waals surface area contributed by atoms with Crippen molar-refractivity contribution in [3.05, 3.63) is 5.82 Å². The number of nitrogens with one attached hydrogen (secondary N) is 2. The van der Waals surface area contributed by atoms with Crippen LogP contribution in [0.1, 0.15) is 65.1 Å². The van der Waals surface area contributed by atoms with Gasteiger partial charge in [0.1, 0.15) is 0 Å². The van der Waals surface area contributed by atoms with Crippen LogP contribution < -0.4 is 10.6 Å². The van der Waals surface area contributed by atoms with E-state index in [1.165, 1.54) is 25.7 Å². The van der Waals surface area contributed by atoms with Gasteiger partial charge < -0.3 is 10.6 Å². The summed E-state index contributed by atoms with van der Waals surface area (Å²) in [6.45, 7) is 6.34. The third-order valence-corrected chi connectivity index (χ3v) is 4.80. The lowest BCUT2D eigenvalue weighted by atomic mass is 9.83. The Balaban J connectivity index is 1.43. The summed E-state index contributed by atoms with van der Waals surface area (Å²) in [5.74, 6) is 2.29. The maximum absolute atomic E-state index is 12.1. The van der Waals surface area contributed by atoms with Crippen LogP contribution in [0.5, 0.6) is 0 Å². The van der Waals surface area contributed by atoms with Gasteiger partial charge in [-0.05, 0) is 63.5 Å². The molecular weight excluding hydrogens is 292 g/mol. The quantitative estimate of drug-likeness (QED) is 0.890. The Morgan fingerprint density at radius 1 is 1.22 bits per heavy atom. The molecule has 2 aliphatic rings. The van der Waals surface area contributed by atoms with Gasteiger partial charge in [-0.2, -0.15) is 4.80 Å². The zero-order chi connectivity index (χ0) is 16.4. The van der Waals surface area contributed by atoms with E-state index in [0.717, 1.165) is 24.7 Å². The van der Waals surface area contributed by atoms with Crippen molar-refractivity contribution < 1.29 is 4.79 Å². The molecule has 2 saturated carbocycles. The van der Waals surface area contributed by atoms with Gasteiger partial charge in [-0.1, -0.05) is 12.8 Å². The minimum Gasteiger partial charge on any atom is -0.335 e. The summed E-state index contributed by atoms with van der Waals surface area (Å²) < 4.78 is 0. The predicted molar refractivity (Wildman–Crippen MR) is 86.7 cm³/mol. The van der Waals surface area contributed by atoms with Gasteiger partial charge >= 0.3 is 6.03 Å². The molecular formula is C16H28N6O. The third kappa shape index (κ3) is 4.42. The van der Waals surface area contributed by atoms with Crippen molar-refractivity contribution in [1.82, 2.24) is 30.8 Å². The van der Waals surface area contributed by atoms with Gasteiger partial charge in [0.25, 0.3) is 0 Å². The second-order valence-electron chi connectivity index (χ2n) is 7.95. The van der Waals surface area contributed by atoms with Gasteiger partial charge in [0.2, 0.25) is 0 Å². The van der Waals surface area contributed by atoms with Gasteiger partial charge in [0.05, 0.1) is 12.1 Å². The number of carbonyl (C=O) groups excluding carboxylic acids is 1. The van der Waals surface area contributed by atoms with Crippen molar-refractivity contribution in [2.24, 2.45) is 11.8 Å². The van der Waals surface area contributed by atoms with E-state index in [2.05, 4.69) is 26.0 Å². The smallest absolute Gasteiger partial charge is 0.315 e. The molecule has 128 valence electrons. The Labute approximate surface area is 137 Å². The highest BCUT2D eigenvalue weighted by atomic mass is 16.2. The summed E-state index contributed by atoms with van der Waals surface area (Å²) in [4.78, 5) is 13.6. The molecule has 3 rings (SSSR count). The van der Waals surface area contributed by atoms with E-state index in [4.69, 9.17) is 0 Å². The fourth-order valence-corrected chi connectivity index (χ4v) is 3.35. The fourth-order valence-electron chi connectivity index (χ4n) is 3.35. The van der Waals surface area contributed by atoms with Crippen molar-refractivity contribution in [2.75, 3.05) is 0 Å². The maximum Gasteiger partial charge on any atom is 0.315 e. The van der Waals surface area contributed by atoms with E-state index in [1.807, 2.05) is 20.8 Å². The van der Waals surface area contributed by atoms with Gasteiger partial charge in [0.15, 0.2) is 5.82 Å². The first-order valence-corrected chi connectivity index (χ1v) is 8.75. The Morgan fingerprint density at radius 2 is 2.00 bits per heavy atom. The minimum absolute atomic E-state index is 0.126. The van der Waals surface area contributed by atoms with E-state index in [-0.39, 0.29) is 11.6 Å². The lowest BCUT2D eigenvalue weighted by Crippen LogP contribution is -2.44. The molecule has 2 N–H and O–H groups in total. The molecule has 2 aliphatic carbocycles. The number of hydrogen-bond donors (Lipinski definition) is 2. The lowest BCUT2D eigenvalue weighted by Gasteiger charge is -2.29. The second-order valence-corrected chi connectivity index (χ2v) is 7.95. The summed E-state index contributed by atoms with van der Waals surface area (Å²) in [5, 5.41) is 18.2. The molecule has 0 radical (unpaired) electrons. The van der Waals surface area contributed by atoms with Crippen LogP contribution in [0, 0.1) is 11.8 Å². The average Bonchev–Trinajstić information content (AvgIpc) is 3.22. The Morgan fingerprint density at radius 3 is 2.65 bits per heavy atom. The highest BCUT2D eigenvalue weighted by Gasteiger charge is 2.35. The topological polar surface area (TPSA) is 84.7 Å². The van der Waals surface area contributed by atoms with E-state index in [9.17, 15) is 4.79 Å². The monoisotopic (exact) mass is 320 g/mol. The molecule has 2 fully saturated rings. The van der Waals surface area contributed by atoms with Crippen LogP contribution in [-0.2, 0) is 12.1 Å². The van der Waals surface area contributed by atoms with Crippen LogP contribution in [0.15, 0.2) is 0 Å². The second kappa shape index (κ2) is 6.45. The largest absolute Gasteiger partial charge is 0.335 e. The molecule has 7 heteroatoms. The number of nitrogens with zero attached hydrogens (tertiary/aromatic N) is 4. The number of tetrazole rings is 1. The molecule has 2 atom stereocenters. The van der Waals surface area contributed by atoms with Crippen molar-refractivity contribution >= 4 is 6.03 Å². The molecule has 0 aliphatic heterocycles. The molecule has 1 aromatic rings. The van der Waals surface area contributed by atoms with Crippen molar-refractivity contribution in [2.45, 2.75) is 77.4 Å². The first kappa shape index (κ1) is 16.2. The zero-order valence-electron chi connectivity index (χ0n) is 14.4. The predicted octanol–water partition coefficient (Wildman–Crippen LogP) is 2.20. The lowest BCUT2D eigenvalue weighted by molar-refractivity contribution is 0.220. The fraction of sp³-hybridized carbons (Fsp3) is 0.875. The van der Waals surface area contributed by atoms with Crippen molar-refractivity contribution in [1.29, 1.82) is 0 Å². The number of hydrogen-bond acceptors (Lipinski definition) is 4. The molecule has 0 spiro atoms. The molecule has 0 aromatic carbocycles. The summed E-state index contributed by atoms with van der Waals surface area (Å²) in [7, 11) is 0. The minimum atomic E-state index is -0.201. The van der Waals surface area contributed by atoms with Crippen LogP contribution >= 0.6 is 0 Å². The average molecular weight is 320 g/mol. The molecule has 7 nitrogen and oxygen atoms in total. The first-order valence-electron chi connectivity index (χ1n) is 8.75. The molecule has 23 heavy (non-hydrogen) atoms. The van der Waals surface area contributed by atoms with E-state index in [1.54, 1.807) is 4.80 Å². The molecule has 0 saturated heterocycles. The van der Waals surface area contributed by atoms with Crippen LogP contribution in [0.4, 0.5) is 4.79 Å². The number of aromatic nitrogens is 4. The standard InChI is InChI=1S/C16H28N6O/c1-16(2,3)22-20-14(19-21-22)10-17-15(23)18-13-6-4-5-12(9-13)11-7-8-11/h11-13H,4-10H2,1-3H3,(H2,17,18,23)/t12-,13+/m0/s1. The summed E-state index contributed by atoms with van der Waals surface area (Å²) in [5.41, 5.74) is -0.201. The maximum atomic E-state index is 12.1. The van der Waals surface area contributed by atoms with Gasteiger partial charge in [0, 0.05) is 6.04 Å². The number of amides is 2. The highest BCUT2D eigenvalue weighted by Crippen LogP contribution is 2.43. The third-order valence-electron chi connectivity index (χ3n) is 4.80. The SMILES string of the molecule is CC(C)(C)n1nnc(CNC(=O)N[C@@H]2CCC[C@H](C3CC3)C2)n1. The number of carbonyl (C=O) groups is 1. The van der Waals surface area contributed by atoms with Gasteiger partial charge in [-0.3, -0.25) is 0 Å². The molecule has 1 heterocycles. The van der Waals surface area contributed by atoms with Crippen molar-refractivity contribution in [3.8, 4) is 0 Å². The Hall–Kier alpha value is -1.66. The van der Waals surface area contributed by atoms with Crippen LogP contribution in [0.25, 0.3) is 0 Å². The first-order chi connectivity index (χ1) is 10.9. The van der Waals surface area contributed by atoms with Crippen LogP contribution in [0.2, 0.25) is 0 Å². The molecule has 2 amide bonds. The van der Waals surface area contributed by atoms with Gasteiger partial charge in [-0.15, -0.1) is 10.2 Å². The van der Waals surface area contributed by atoms with E-state index >= 15 is 0 Å². The number of rotatable bonds is 4. The molecule has 1 aromatic heterocycles. The number of urea groups is 1. The zero-order valence-corrected chi connectivity index (χ0v) is 14.4. The van der Waals surface area contributed by atoms with Gasteiger partial charge in [-0.25, -0.2) is 4.79 Å². The summed E-state index contributed by atoms with van der Waals surface area (Å²) in [6, 6.07) is 0.186. The van der Waals surface area contributed by atoms with Crippen molar-refractivity contribution in [3.63, 3.8) is 0 Å². The van der Waals surface area contributed by atoms with E-state index in [0.29, 0.717) is 18.4 Å². The van der Waals surface area contributed by atoms with Crippen LogP contribution in [0.3, 0.4) is 0 Å². The summed E-state index contributed by atoms with van der Waals surface area (Å²) in [6.07, 6.45) is 7.57. The highest BCUT2D eigenvalue weighted by molar-refractivity contribution is 5.74. The molecule has 0 bridgehead atoms. The van der Waals surface area contributed by atoms with Crippen LogP contribution in [-0.4, -0.2) is 32.3 Å². The normalized spacial score (nSPS) is 25.2. The molecule has 0 unspecified atom stereocenters. The Bertz CT molecular complexity index is 545.